The van der Waals surface area contributed by atoms with Gasteiger partial charge in [-0.3, -0.25) is 4.79 Å². The number of nitrogens with zero attached hydrogens (tertiary/aromatic N) is 1. The molecule has 0 aromatic carbocycles. The van der Waals surface area contributed by atoms with Gasteiger partial charge in [-0.2, -0.15) is 0 Å². The molecule has 6 nitrogen and oxygen atoms in total. The second-order valence-electron chi connectivity index (χ2n) is 6.39. The van der Waals surface area contributed by atoms with Crippen LogP contribution < -0.4 is 0 Å². The Kier molecular flexibility index (Phi) is 15.4. The predicted molar refractivity (Wildman–Crippen MR) is 94.8 cm³/mol. The van der Waals surface area contributed by atoms with Crippen LogP contribution in [0.5, 0.6) is 0 Å². The monoisotopic (exact) mass is 347 g/mol. The zero-order valence-corrected chi connectivity index (χ0v) is 15.5. The van der Waals surface area contributed by atoms with Gasteiger partial charge in [0.05, 0.1) is 19.3 Å². The van der Waals surface area contributed by atoms with Crippen LogP contribution in [0.25, 0.3) is 0 Å². The smallest absolute Gasteiger partial charge is 0.251 e. The lowest BCUT2D eigenvalue weighted by atomic mass is 10.1. The summed E-state index contributed by atoms with van der Waals surface area (Å²) in [5, 5.41) is 28.2. The molecule has 0 aliphatic carbocycles. The molecule has 0 saturated heterocycles. The normalized spacial score (nSPS) is 13.7. The van der Waals surface area contributed by atoms with E-state index >= 15 is 0 Å². The van der Waals surface area contributed by atoms with Crippen molar-refractivity contribution in [2.24, 2.45) is 0 Å². The summed E-state index contributed by atoms with van der Waals surface area (Å²) in [5.41, 5.74) is 0. The molecule has 0 aromatic rings. The number of unbranched alkanes of at least 4 members (excludes halogenated alkanes) is 7. The van der Waals surface area contributed by atoms with Gasteiger partial charge in [0, 0.05) is 19.7 Å². The Morgan fingerprint density at radius 3 is 2.17 bits per heavy atom. The first-order valence-corrected chi connectivity index (χ1v) is 9.36. The number of aliphatic hydroxyl groups is 3. The molecule has 3 N–H and O–H groups in total. The Hall–Kier alpha value is -0.690. The summed E-state index contributed by atoms with van der Waals surface area (Å²) >= 11 is 0. The van der Waals surface area contributed by atoms with Crippen LogP contribution in [0.2, 0.25) is 0 Å². The Labute approximate surface area is 146 Å². The highest BCUT2D eigenvalue weighted by molar-refractivity contribution is 5.80. The van der Waals surface area contributed by atoms with Crippen molar-refractivity contribution in [3.05, 3.63) is 0 Å². The van der Waals surface area contributed by atoms with E-state index in [9.17, 15) is 15.0 Å². The Morgan fingerprint density at radius 1 is 1.04 bits per heavy atom. The molecule has 0 fully saturated rings. The molecule has 6 heteroatoms. The highest BCUT2D eigenvalue weighted by Crippen LogP contribution is 2.08. The number of hydrogen-bond donors (Lipinski definition) is 3. The summed E-state index contributed by atoms with van der Waals surface area (Å²) in [6, 6.07) is 0. The highest BCUT2D eigenvalue weighted by atomic mass is 16.5. The molecule has 0 bridgehead atoms. The average Bonchev–Trinajstić information content (AvgIpc) is 2.55. The van der Waals surface area contributed by atoms with Crippen molar-refractivity contribution in [1.29, 1.82) is 0 Å². The summed E-state index contributed by atoms with van der Waals surface area (Å²) in [7, 11) is 0. The van der Waals surface area contributed by atoms with Gasteiger partial charge in [0.1, 0.15) is 6.10 Å². The molecule has 2 unspecified atom stereocenters. The van der Waals surface area contributed by atoms with Gasteiger partial charge in [0.25, 0.3) is 5.91 Å². The van der Waals surface area contributed by atoms with E-state index in [4.69, 9.17) is 9.84 Å². The minimum atomic E-state index is -1.14. The molecule has 144 valence electrons. The highest BCUT2D eigenvalue weighted by Gasteiger charge is 2.20. The maximum atomic E-state index is 11.7. The lowest BCUT2D eigenvalue weighted by Crippen LogP contribution is -2.44. The van der Waals surface area contributed by atoms with Crippen LogP contribution in [0, 0.1) is 0 Å². The lowest BCUT2D eigenvalue weighted by molar-refractivity contribution is -0.141. The number of rotatable bonds is 16. The van der Waals surface area contributed by atoms with Gasteiger partial charge in [0.2, 0.25) is 0 Å². The molecule has 0 heterocycles. The van der Waals surface area contributed by atoms with Gasteiger partial charge in [-0.25, -0.2) is 0 Å². The first-order valence-electron chi connectivity index (χ1n) is 9.36. The van der Waals surface area contributed by atoms with Gasteiger partial charge < -0.3 is 25.0 Å². The predicted octanol–water partition coefficient (Wildman–Crippen LogP) is 1.71. The fourth-order valence-electron chi connectivity index (χ4n) is 2.54. The number of hydrogen-bond acceptors (Lipinski definition) is 5. The van der Waals surface area contributed by atoms with Crippen molar-refractivity contribution in [3.8, 4) is 0 Å². The van der Waals surface area contributed by atoms with Crippen LogP contribution in [-0.2, 0) is 9.53 Å². The van der Waals surface area contributed by atoms with Crippen molar-refractivity contribution in [3.63, 3.8) is 0 Å². The summed E-state index contributed by atoms with van der Waals surface area (Å²) in [5.74, 6) is -0.494. The van der Waals surface area contributed by atoms with E-state index in [0.29, 0.717) is 6.61 Å². The van der Waals surface area contributed by atoms with Gasteiger partial charge >= 0.3 is 0 Å². The average molecular weight is 347 g/mol. The van der Waals surface area contributed by atoms with Crippen molar-refractivity contribution in [1.82, 2.24) is 4.90 Å². The minimum Gasteiger partial charge on any atom is -0.395 e. The zero-order valence-electron chi connectivity index (χ0n) is 15.5. The van der Waals surface area contributed by atoms with E-state index < -0.39 is 18.1 Å². The molecule has 0 spiro atoms. The van der Waals surface area contributed by atoms with Crippen LogP contribution in [0.4, 0.5) is 0 Å². The molecular weight excluding hydrogens is 310 g/mol. The number of carbonyl (C=O) groups excluding carboxylic acids is 1. The van der Waals surface area contributed by atoms with Gasteiger partial charge in [-0.05, 0) is 13.3 Å². The van der Waals surface area contributed by atoms with Crippen LogP contribution in [0.1, 0.15) is 65.2 Å². The van der Waals surface area contributed by atoms with Crippen molar-refractivity contribution in [2.45, 2.75) is 77.4 Å². The molecule has 0 aliphatic heterocycles. The largest absolute Gasteiger partial charge is 0.395 e. The Bertz CT molecular complexity index is 299. The maximum absolute atomic E-state index is 11.7. The standard InChI is InChI=1S/C18H37NO5/c1-3-4-5-6-7-8-9-10-13-24-15-17(22)14-19(11-12-20)18(23)16(2)21/h16-17,20-22H,3-15H2,1-2H3. The molecule has 1 amide bonds. The third-order valence-electron chi connectivity index (χ3n) is 3.92. The maximum Gasteiger partial charge on any atom is 0.251 e. The summed E-state index contributed by atoms with van der Waals surface area (Å²) in [4.78, 5) is 13.0. The Morgan fingerprint density at radius 2 is 1.62 bits per heavy atom. The molecule has 2 atom stereocenters. The fraction of sp³-hybridized carbons (Fsp3) is 0.944. The van der Waals surface area contributed by atoms with Crippen LogP contribution in [0.3, 0.4) is 0 Å². The van der Waals surface area contributed by atoms with Crippen LogP contribution in [-0.4, -0.2) is 71.2 Å². The molecular formula is C18H37NO5. The van der Waals surface area contributed by atoms with Crippen molar-refractivity contribution in [2.75, 3.05) is 32.9 Å². The third kappa shape index (κ3) is 12.7. The molecule has 0 saturated carbocycles. The number of ether oxygens (including phenoxy) is 1. The molecule has 0 rings (SSSR count). The van der Waals surface area contributed by atoms with E-state index in [1.165, 1.54) is 50.3 Å². The van der Waals surface area contributed by atoms with E-state index in [0.717, 1.165) is 12.8 Å². The second kappa shape index (κ2) is 15.8. The molecule has 0 radical (unpaired) electrons. The quantitative estimate of drug-likeness (QED) is 0.370. The van der Waals surface area contributed by atoms with E-state index in [1.54, 1.807) is 0 Å². The van der Waals surface area contributed by atoms with E-state index in [1.807, 2.05) is 0 Å². The van der Waals surface area contributed by atoms with E-state index in [-0.39, 0.29) is 26.3 Å². The van der Waals surface area contributed by atoms with Crippen molar-refractivity contribution < 1.29 is 24.9 Å². The minimum absolute atomic E-state index is 0.0573. The molecule has 0 aromatic heterocycles. The first-order chi connectivity index (χ1) is 11.5. The number of carbonyl (C=O) groups is 1. The summed E-state index contributed by atoms with van der Waals surface area (Å²) < 4.78 is 5.45. The molecule has 0 aliphatic rings. The van der Waals surface area contributed by atoms with Crippen LogP contribution in [0.15, 0.2) is 0 Å². The second-order valence-corrected chi connectivity index (χ2v) is 6.39. The SMILES string of the molecule is CCCCCCCCCCOCC(O)CN(CCO)C(=O)C(C)O. The topological polar surface area (TPSA) is 90.2 Å². The zero-order chi connectivity index (χ0) is 18.2. The van der Waals surface area contributed by atoms with Gasteiger partial charge in [-0.1, -0.05) is 51.9 Å². The van der Waals surface area contributed by atoms with Gasteiger partial charge in [-0.15, -0.1) is 0 Å². The molecule has 24 heavy (non-hydrogen) atoms. The lowest BCUT2D eigenvalue weighted by Gasteiger charge is -2.25. The van der Waals surface area contributed by atoms with E-state index in [2.05, 4.69) is 6.92 Å². The van der Waals surface area contributed by atoms with Crippen LogP contribution >= 0.6 is 0 Å². The fourth-order valence-corrected chi connectivity index (χ4v) is 2.54. The number of amides is 1. The van der Waals surface area contributed by atoms with Gasteiger partial charge in [0.15, 0.2) is 0 Å². The Balaban J connectivity index is 3.66. The summed E-state index contributed by atoms with van der Waals surface area (Å²) in [6.07, 6.45) is 7.91. The third-order valence-corrected chi connectivity index (χ3v) is 3.92. The first kappa shape index (κ1) is 23.3. The summed E-state index contributed by atoms with van der Waals surface area (Å²) in [6.45, 7) is 4.31. The van der Waals surface area contributed by atoms with Crippen molar-refractivity contribution >= 4 is 5.91 Å². The number of aliphatic hydroxyl groups excluding tert-OH is 3.